The van der Waals surface area contributed by atoms with Crippen molar-refractivity contribution in [1.82, 2.24) is 0 Å². The fraction of sp³-hybridized carbons (Fsp3) is 0.724. The van der Waals surface area contributed by atoms with Gasteiger partial charge in [0, 0.05) is 0 Å². The lowest BCUT2D eigenvalue weighted by molar-refractivity contribution is 0.120. The van der Waals surface area contributed by atoms with Crippen molar-refractivity contribution in [3.05, 3.63) is 46.5 Å². The van der Waals surface area contributed by atoms with Crippen molar-refractivity contribution in [3.8, 4) is 0 Å². The Hall–Kier alpha value is -1.04. The van der Waals surface area contributed by atoms with Crippen molar-refractivity contribution in [2.24, 2.45) is 16.2 Å². The molecule has 0 fully saturated rings. The second kappa shape index (κ2) is 8.99. The molecule has 0 N–H and O–H groups in total. The van der Waals surface area contributed by atoms with E-state index in [9.17, 15) is 0 Å². The summed E-state index contributed by atoms with van der Waals surface area (Å²) in [7, 11) is 0. The van der Waals surface area contributed by atoms with Gasteiger partial charge in [0.05, 0.1) is 0 Å². The summed E-state index contributed by atoms with van der Waals surface area (Å²) >= 11 is 0. The second-order valence-electron chi connectivity index (χ2n) is 13.3. The smallest absolute Gasteiger partial charge is 0.0129 e. The minimum atomic E-state index is 0.187. The van der Waals surface area contributed by atoms with Gasteiger partial charge in [0.1, 0.15) is 0 Å². The van der Waals surface area contributed by atoms with Crippen molar-refractivity contribution in [2.45, 2.75) is 121 Å². The molecule has 1 aromatic rings. The van der Waals surface area contributed by atoms with Gasteiger partial charge in [0.25, 0.3) is 0 Å². The third-order valence-corrected chi connectivity index (χ3v) is 6.93. The standard InChI is InChI=1S/C29H50/c1-21(20-26(3,4)5)14-15-23-18-22(2)25(27(6,7)8)19-24(23)16-17-29(12,13)28(9,10)11/h18-19H,1,14-17,20H2,2-13H3. The van der Waals surface area contributed by atoms with E-state index in [1.807, 2.05) is 0 Å². The molecule has 0 saturated carbocycles. The van der Waals surface area contributed by atoms with Crippen LogP contribution in [0.2, 0.25) is 0 Å². The first-order valence-corrected chi connectivity index (χ1v) is 11.6. The summed E-state index contributed by atoms with van der Waals surface area (Å²) in [6, 6.07) is 5.00. The number of allylic oxidation sites excluding steroid dienone is 1. The third-order valence-electron chi connectivity index (χ3n) is 6.93. The van der Waals surface area contributed by atoms with Gasteiger partial charge in [-0.1, -0.05) is 100 Å². The molecule has 0 aliphatic heterocycles. The lowest BCUT2D eigenvalue weighted by Gasteiger charge is -2.39. The fourth-order valence-corrected chi connectivity index (χ4v) is 4.06. The lowest BCUT2D eigenvalue weighted by atomic mass is 9.66. The third kappa shape index (κ3) is 7.95. The van der Waals surface area contributed by atoms with E-state index < -0.39 is 0 Å². The molecule has 0 aliphatic rings. The molecule has 0 amide bonds. The molecule has 0 radical (unpaired) electrons. The summed E-state index contributed by atoms with van der Waals surface area (Å²) in [5.74, 6) is 0. The summed E-state index contributed by atoms with van der Waals surface area (Å²) < 4.78 is 0. The summed E-state index contributed by atoms with van der Waals surface area (Å²) in [6.07, 6.45) is 5.71. The van der Waals surface area contributed by atoms with Crippen LogP contribution in [-0.2, 0) is 18.3 Å². The predicted molar refractivity (Wildman–Crippen MR) is 133 cm³/mol. The van der Waals surface area contributed by atoms with Gasteiger partial charge in [-0.25, -0.2) is 0 Å². The van der Waals surface area contributed by atoms with Crippen molar-refractivity contribution >= 4 is 0 Å². The first-order valence-electron chi connectivity index (χ1n) is 11.6. The Balaban J connectivity index is 3.16. The highest BCUT2D eigenvalue weighted by Crippen LogP contribution is 2.42. The predicted octanol–water partition coefficient (Wildman–Crippen LogP) is 9.22. The molecular weight excluding hydrogens is 348 g/mol. The van der Waals surface area contributed by atoms with Gasteiger partial charge in [-0.15, -0.1) is 0 Å². The molecule has 0 nitrogen and oxygen atoms in total. The van der Waals surface area contributed by atoms with Gasteiger partial charge in [-0.3, -0.25) is 0 Å². The average molecular weight is 399 g/mol. The van der Waals surface area contributed by atoms with E-state index in [2.05, 4.69) is 102 Å². The molecule has 0 aliphatic carbocycles. The van der Waals surface area contributed by atoms with E-state index in [0.717, 1.165) is 25.7 Å². The fourth-order valence-electron chi connectivity index (χ4n) is 4.06. The summed E-state index contributed by atoms with van der Waals surface area (Å²) in [5.41, 5.74) is 8.55. The molecular formula is C29H50. The summed E-state index contributed by atoms with van der Waals surface area (Å²) in [6.45, 7) is 32.6. The zero-order valence-corrected chi connectivity index (χ0v) is 21.9. The lowest BCUT2D eigenvalue weighted by Crippen LogP contribution is -2.30. The van der Waals surface area contributed by atoms with Crippen LogP contribution >= 0.6 is 0 Å². The van der Waals surface area contributed by atoms with Crippen LogP contribution in [0.4, 0.5) is 0 Å². The van der Waals surface area contributed by atoms with Crippen molar-refractivity contribution in [3.63, 3.8) is 0 Å². The highest BCUT2D eigenvalue weighted by atomic mass is 14.4. The molecule has 0 unspecified atom stereocenters. The Labute approximate surface area is 183 Å². The molecule has 166 valence electrons. The maximum atomic E-state index is 4.38. The summed E-state index contributed by atoms with van der Waals surface area (Å²) in [5, 5.41) is 0. The van der Waals surface area contributed by atoms with Crippen LogP contribution in [-0.4, -0.2) is 0 Å². The molecule has 29 heavy (non-hydrogen) atoms. The van der Waals surface area contributed by atoms with Gasteiger partial charge in [0.15, 0.2) is 0 Å². The number of hydrogen-bond donors (Lipinski definition) is 0. The second-order valence-corrected chi connectivity index (χ2v) is 13.3. The normalized spacial score (nSPS) is 13.7. The van der Waals surface area contributed by atoms with E-state index in [0.29, 0.717) is 16.2 Å². The minimum absolute atomic E-state index is 0.187. The molecule has 0 saturated heterocycles. The quantitative estimate of drug-likeness (QED) is 0.401. The van der Waals surface area contributed by atoms with Gasteiger partial charge in [-0.05, 0) is 82.9 Å². The number of aryl methyl sites for hydroxylation is 3. The first kappa shape index (κ1) is 26.0. The molecule has 0 heteroatoms. The van der Waals surface area contributed by atoms with Crippen LogP contribution in [0.5, 0.6) is 0 Å². The maximum absolute atomic E-state index is 4.38. The van der Waals surface area contributed by atoms with E-state index in [4.69, 9.17) is 0 Å². The zero-order chi connectivity index (χ0) is 22.8. The van der Waals surface area contributed by atoms with Crippen molar-refractivity contribution in [2.75, 3.05) is 0 Å². The van der Waals surface area contributed by atoms with Crippen molar-refractivity contribution < 1.29 is 0 Å². The van der Waals surface area contributed by atoms with Crippen molar-refractivity contribution in [1.29, 1.82) is 0 Å². The van der Waals surface area contributed by atoms with Crippen LogP contribution in [0, 0.1) is 23.2 Å². The largest absolute Gasteiger partial charge is 0.0998 e. The molecule has 0 bridgehead atoms. The number of rotatable bonds is 7. The zero-order valence-electron chi connectivity index (χ0n) is 21.9. The Morgan fingerprint density at radius 3 is 1.76 bits per heavy atom. The molecule has 0 heterocycles. The molecule has 1 aromatic carbocycles. The van der Waals surface area contributed by atoms with E-state index >= 15 is 0 Å². The highest BCUT2D eigenvalue weighted by molar-refractivity contribution is 5.41. The van der Waals surface area contributed by atoms with Crippen LogP contribution in [0.25, 0.3) is 0 Å². The van der Waals surface area contributed by atoms with Gasteiger partial charge in [0.2, 0.25) is 0 Å². The topological polar surface area (TPSA) is 0 Å². The monoisotopic (exact) mass is 398 g/mol. The minimum Gasteiger partial charge on any atom is -0.0998 e. The Morgan fingerprint density at radius 2 is 1.31 bits per heavy atom. The Kier molecular flexibility index (Phi) is 8.06. The van der Waals surface area contributed by atoms with Crippen LogP contribution in [0.1, 0.15) is 118 Å². The molecule has 1 rings (SSSR count). The number of hydrogen-bond acceptors (Lipinski definition) is 0. The highest BCUT2D eigenvalue weighted by Gasteiger charge is 2.32. The Morgan fingerprint density at radius 1 is 0.793 bits per heavy atom. The molecule has 0 aromatic heterocycles. The number of benzene rings is 1. The molecule has 0 spiro atoms. The van der Waals surface area contributed by atoms with Gasteiger partial charge >= 0.3 is 0 Å². The van der Waals surface area contributed by atoms with E-state index in [-0.39, 0.29) is 5.41 Å². The first-order chi connectivity index (χ1) is 12.8. The Bertz CT molecular complexity index is 693. The van der Waals surface area contributed by atoms with Gasteiger partial charge in [-0.2, -0.15) is 0 Å². The average Bonchev–Trinajstić information content (AvgIpc) is 2.47. The van der Waals surface area contributed by atoms with E-state index in [1.165, 1.54) is 28.7 Å². The van der Waals surface area contributed by atoms with Crippen LogP contribution < -0.4 is 0 Å². The maximum Gasteiger partial charge on any atom is -0.0129 e. The van der Waals surface area contributed by atoms with Crippen LogP contribution in [0.15, 0.2) is 24.3 Å². The van der Waals surface area contributed by atoms with E-state index in [1.54, 1.807) is 5.56 Å². The van der Waals surface area contributed by atoms with Gasteiger partial charge < -0.3 is 0 Å². The molecule has 0 atom stereocenters. The SMILES string of the molecule is C=C(CCc1cc(C)c(C(C)(C)C)cc1CCC(C)(C)C(C)(C)C)CC(C)(C)C. The van der Waals surface area contributed by atoms with Crippen LogP contribution in [0.3, 0.4) is 0 Å². The summed E-state index contributed by atoms with van der Waals surface area (Å²) in [4.78, 5) is 0.